The van der Waals surface area contributed by atoms with E-state index in [0.29, 0.717) is 58.0 Å². The maximum Gasteiger partial charge on any atom is 0.434 e. The molecule has 0 radical (unpaired) electrons. The predicted molar refractivity (Wildman–Crippen MR) is 603 cm³/mol. The van der Waals surface area contributed by atoms with Crippen molar-refractivity contribution >= 4 is 123 Å². The number of carbonyl (C=O) groups excluding carboxylic acids is 5. The Hall–Kier alpha value is -11.2. The van der Waals surface area contributed by atoms with E-state index < -0.39 is 29.4 Å². The highest BCUT2D eigenvalue weighted by atomic mass is 79.9. The van der Waals surface area contributed by atoms with E-state index in [0.717, 1.165) is 69.2 Å². The fourth-order valence-electron chi connectivity index (χ4n) is 24.3. The molecule has 4 amide bonds. The number of nitrogens with one attached hydrogen (secondary N) is 2. The van der Waals surface area contributed by atoms with Gasteiger partial charge in [-0.2, -0.15) is 15.2 Å². The summed E-state index contributed by atoms with van der Waals surface area (Å²) in [5.74, 6) is -0.810. The monoisotopic (exact) mass is 2170 g/mol. The summed E-state index contributed by atoms with van der Waals surface area (Å²) in [5.41, 5.74) is 28.0. The molecule has 9 aliphatic rings. The van der Waals surface area contributed by atoms with E-state index in [-0.39, 0.29) is 94.6 Å². The van der Waals surface area contributed by atoms with Gasteiger partial charge in [0.05, 0.1) is 46.8 Å². The Kier molecular flexibility index (Phi) is 30.9. The molecule has 7 aliphatic carbocycles. The lowest BCUT2D eigenvalue weighted by Gasteiger charge is -2.29. The van der Waals surface area contributed by atoms with Crippen molar-refractivity contribution in [3.63, 3.8) is 0 Å². The van der Waals surface area contributed by atoms with E-state index in [2.05, 4.69) is 324 Å². The summed E-state index contributed by atoms with van der Waals surface area (Å²) in [4.78, 5) is 85.5. The fraction of sp³-hybridized carbons (Fsp3) is 0.467. The van der Waals surface area contributed by atoms with E-state index >= 15 is 0 Å². The number of Topliss-reactive ketones (excluding diaryl/α,β-unsaturated/α-hetero) is 1. The molecule has 146 heavy (non-hydrogen) atoms. The van der Waals surface area contributed by atoms with Crippen LogP contribution < -0.4 is 26.0 Å². The number of phenolic OH excluding ortho intramolecular Hbond substituents is 1. The number of aromatic nitrogens is 2. The van der Waals surface area contributed by atoms with Crippen LogP contribution in [0, 0.1) is 6.92 Å². The van der Waals surface area contributed by atoms with Crippen molar-refractivity contribution in [1.82, 2.24) is 15.2 Å². The highest BCUT2D eigenvalue weighted by Crippen LogP contribution is 2.56. The Morgan fingerprint density at radius 2 is 0.822 bits per heavy atom. The molecule has 0 saturated carbocycles. The number of benzene rings is 9. The SMILES string of the molecule is CC(C)(C)OC(=O)NN(C(=O)OC(C)(C)C)c1ccc2c(c1)C(C)(C)CC2(C)C.CC1(C)CC(=O)c2ccc(Br)cc21.CC1(C)CC(C)(C)c2cc(Br)ccc21.CC1(C)CCc2ccc(Br)cc21.CC1=NN(c2ccc3c(c2)C(C)(C)CC3(C)C)C(=O)C1.CC1=NN(c2ccc3c(c2)C(C)(C)CC3(C)C)C(=O)C1.Cc1[nH]n(-c2ccc3c(c2)C(C)(C)CC3(C)C)c(=O)c1N=Nc1cccc(-c2cccc(C(=O)O)c2)c1O. The summed E-state index contributed by atoms with van der Waals surface area (Å²) in [7, 11) is 0. The van der Waals surface area contributed by atoms with Gasteiger partial charge in [-0.05, 0) is 359 Å². The molecule has 3 heterocycles. The molecule has 21 nitrogen and oxygen atoms in total. The number of hydrazine groups is 1. The number of ether oxygens (including phenoxy) is 2. The quantitative estimate of drug-likeness (QED) is 0.0820. The number of carboxylic acids is 1. The average Bonchev–Trinajstić information content (AvgIpc) is 1.60. The van der Waals surface area contributed by atoms with E-state index in [9.17, 15) is 43.8 Å². The second kappa shape index (κ2) is 40.4. The minimum Gasteiger partial charge on any atom is -0.505 e. The molecule has 10 aromatic rings. The molecule has 2 aliphatic heterocycles. The standard InChI is InChI=1S/C30H30N4O4.C23H36N2O4.2C17H22N2O.C13H17Br.C11H11BrO.C11H13Br/c1-17-25(27(36)34(33-17)20-12-13-22-23(15-20)30(4,5)16-29(22,2)3)32-31-24-11-7-10-21(26(24)35)18-8-6-9-19(14-18)28(37)38;1-20(2,3)28-18(26)24-25(19(27)29-21(4,5)6)15-11-12-16-17(13-15)23(9,10)14-22(16,7)8;2*1-11-8-15(20)19(18-11)12-6-7-13-14(9-12)17(4,5)10-16(13,2)3;1-12(2)8-13(3,4)11-7-9(14)5-6-10(11)12;1-11(2)6-10(13)8-4-3-7(12)5-9(8)11;1-11(2)6-5-8-3-4-9(12)7-10(8)11/h6-15,33,35H,16H2,1-5H3,(H,37,38);11-13H,14H2,1-10H3,(H,24,26);2*6-7,9H,8,10H2,1-5H3;5-7H,8H2,1-4H3;3-5H,6H2,1-2H3;3-4,7H,5-6H2,1-2H3. The van der Waals surface area contributed by atoms with Crippen LogP contribution in [0.4, 0.5) is 38.0 Å². The predicted octanol–water partition coefficient (Wildman–Crippen LogP) is 31.7. The number of carbonyl (C=O) groups is 6. The first-order chi connectivity index (χ1) is 67.1. The van der Waals surface area contributed by atoms with Gasteiger partial charge < -0.3 is 19.7 Å². The zero-order chi connectivity index (χ0) is 108. The number of aryl methyl sites for hydroxylation is 2. The number of carboxylic acid groups (broad SMARTS) is 1. The third kappa shape index (κ3) is 24.3. The lowest BCUT2D eigenvalue weighted by molar-refractivity contribution is -0.117. The zero-order valence-electron chi connectivity index (χ0n) is 92.0. The lowest BCUT2D eigenvalue weighted by atomic mass is 9.82. The van der Waals surface area contributed by atoms with Crippen LogP contribution in [-0.4, -0.2) is 78.4 Å². The Morgan fingerprint density at radius 3 is 1.27 bits per heavy atom. The van der Waals surface area contributed by atoms with Crippen molar-refractivity contribution in [3.05, 3.63) is 283 Å². The number of azo groups is 1. The van der Waals surface area contributed by atoms with Gasteiger partial charge in [0.25, 0.3) is 17.4 Å². The van der Waals surface area contributed by atoms with E-state index in [1.165, 1.54) is 117 Å². The molecule has 9 aromatic carbocycles. The van der Waals surface area contributed by atoms with Gasteiger partial charge in [0.1, 0.15) is 16.9 Å². The van der Waals surface area contributed by atoms with Crippen molar-refractivity contribution in [2.24, 2.45) is 20.4 Å². The number of fused-ring (bicyclic) bond motifs is 7. The first-order valence-corrected chi connectivity index (χ1v) is 53.2. The summed E-state index contributed by atoms with van der Waals surface area (Å²) in [6.45, 7) is 70.6. The summed E-state index contributed by atoms with van der Waals surface area (Å²) in [6.07, 6.45) is 8.20. The van der Waals surface area contributed by atoms with Crippen LogP contribution >= 0.6 is 47.8 Å². The third-order valence-corrected chi connectivity index (χ3v) is 31.4. The van der Waals surface area contributed by atoms with Crippen molar-refractivity contribution in [1.29, 1.82) is 0 Å². The molecule has 0 unspecified atom stereocenters. The van der Waals surface area contributed by atoms with Crippen molar-refractivity contribution < 1.29 is 48.5 Å². The fourth-order valence-corrected chi connectivity index (χ4v) is 25.4. The number of aromatic carboxylic acids is 1. The molecule has 4 N–H and O–H groups in total. The van der Waals surface area contributed by atoms with Crippen molar-refractivity contribution in [2.75, 3.05) is 15.0 Å². The summed E-state index contributed by atoms with van der Waals surface area (Å²) < 4.78 is 15.8. The highest BCUT2D eigenvalue weighted by molar-refractivity contribution is 9.11. The number of hydrazone groups is 2. The molecule has 0 bridgehead atoms. The van der Waals surface area contributed by atoms with E-state index in [1.54, 1.807) is 88.8 Å². The molecule has 1 aromatic heterocycles. The molecule has 0 atom stereocenters. The van der Waals surface area contributed by atoms with Crippen LogP contribution in [0.1, 0.15) is 378 Å². The van der Waals surface area contributed by atoms with Crippen molar-refractivity contribution in [3.8, 4) is 22.6 Å². The summed E-state index contributed by atoms with van der Waals surface area (Å²) >= 11 is 10.5. The number of halogens is 3. The number of phenols is 1. The Bertz CT molecular complexity index is 6880. The van der Waals surface area contributed by atoms with Crippen LogP contribution in [0.5, 0.6) is 5.75 Å². The maximum atomic E-state index is 13.3. The zero-order valence-corrected chi connectivity index (χ0v) is 96.8. The smallest absolute Gasteiger partial charge is 0.434 e. The number of anilines is 3. The number of para-hydroxylation sites is 1. The minimum absolute atomic E-state index is 0.00481. The molecule has 19 rings (SSSR count). The Balaban J connectivity index is 0.000000148. The van der Waals surface area contributed by atoms with Gasteiger partial charge in [0.2, 0.25) is 0 Å². The van der Waals surface area contributed by atoms with Crippen LogP contribution in [0.2, 0.25) is 0 Å². The van der Waals surface area contributed by atoms with E-state index in [4.69, 9.17) is 9.47 Å². The third-order valence-electron chi connectivity index (χ3n) is 29.9. The summed E-state index contributed by atoms with van der Waals surface area (Å²) in [5, 5.41) is 44.6. The number of ketones is 1. The first kappa shape index (κ1) is 112. The van der Waals surface area contributed by atoms with Gasteiger partial charge >= 0.3 is 18.2 Å². The van der Waals surface area contributed by atoms with Gasteiger partial charge in [-0.25, -0.2) is 34.5 Å². The normalized spacial score (nSPS) is 19.2. The number of hydrogen-bond acceptors (Lipinski definition) is 14. The number of rotatable bonds is 8. The number of aromatic hydroxyl groups is 1. The van der Waals surface area contributed by atoms with Crippen LogP contribution in [-0.2, 0) is 90.5 Å². The molecule has 0 saturated heterocycles. The molecule has 24 heteroatoms. The molecule has 776 valence electrons. The largest absolute Gasteiger partial charge is 0.505 e. The highest BCUT2D eigenvalue weighted by Gasteiger charge is 2.49. The topological polar surface area (TPSA) is 270 Å². The van der Waals surface area contributed by atoms with Crippen LogP contribution in [0.3, 0.4) is 0 Å². The Labute approximate surface area is 890 Å². The molecule has 0 spiro atoms. The number of hydrogen-bond donors (Lipinski definition) is 4. The minimum atomic E-state index is -1.06. The van der Waals surface area contributed by atoms with Gasteiger partial charge in [-0.15, -0.1) is 10.2 Å². The molecular weight excluding hydrogens is 2020 g/mol. The number of aromatic amines is 1. The number of amides is 4. The van der Waals surface area contributed by atoms with E-state index in [1.807, 2.05) is 62.4 Å². The summed E-state index contributed by atoms with van der Waals surface area (Å²) in [6, 6.07) is 55.1. The van der Waals surface area contributed by atoms with Crippen LogP contribution in [0.25, 0.3) is 16.8 Å². The van der Waals surface area contributed by atoms with Gasteiger partial charge in [0, 0.05) is 42.4 Å². The van der Waals surface area contributed by atoms with Gasteiger partial charge in [0.15, 0.2) is 17.2 Å². The number of nitrogens with zero attached hydrogens (tertiary/aromatic N) is 8. The number of H-pyrrole nitrogens is 1. The molecule has 0 fully saturated rings. The lowest BCUT2D eigenvalue weighted by Crippen LogP contribution is -2.50. The second-order valence-electron chi connectivity index (χ2n) is 51.0. The second-order valence-corrected chi connectivity index (χ2v) is 53.8. The van der Waals surface area contributed by atoms with Crippen LogP contribution in [0.15, 0.2) is 209 Å². The average molecular weight is 2170 g/mol. The maximum absolute atomic E-state index is 13.3. The first-order valence-electron chi connectivity index (χ1n) is 50.8. The van der Waals surface area contributed by atoms with Gasteiger partial charge in [-0.3, -0.25) is 24.3 Å². The van der Waals surface area contributed by atoms with Gasteiger partial charge in [-0.1, -0.05) is 275 Å². The Morgan fingerprint density at radius 1 is 0.425 bits per heavy atom. The molecular formula is C122H151Br3N10O11. The van der Waals surface area contributed by atoms with Crippen molar-refractivity contribution in [2.45, 2.75) is 369 Å².